The van der Waals surface area contributed by atoms with E-state index in [1.165, 1.54) is 0 Å². The summed E-state index contributed by atoms with van der Waals surface area (Å²) in [5, 5.41) is 6.32. The Bertz CT molecular complexity index is 754. The van der Waals surface area contributed by atoms with Crippen molar-refractivity contribution in [2.24, 2.45) is 11.3 Å². The molecule has 1 atom stereocenters. The number of H-pyrrole nitrogens is 2. The second-order valence-corrected chi connectivity index (χ2v) is 6.20. The molecule has 6 nitrogen and oxygen atoms in total. The number of fused-ring (bicyclic) bond motifs is 1. The molecule has 1 spiro atoms. The number of benzene rings is 1. The first-order valence-electron chi connectivity index (χ1n) is 7.40. The Kier molecular flexibility index (Phi) is 2.68. The largest absolute Gasteiger partial charge is 0.326 e. The van der Waals surface area contributed by atoms with E-state index in [0.717, 1.165) is 43.6 Å². The van der Waals surface area contributed by atoms with E-state index in [0.29, 0.717) is 5.52 Å². The fourth-order valence-corrected chi connectivity index (χ4v) is 3.54. The highest BCUT2D eigenvalue weighted by Crippen LogP contribution is 2.58. The lowest BCUT2D eigenvalue weighted by Gasteiger charge is -2.23. The van der Waals surface area contributed by atoms with Gasteiger partial charge in [0.15, 0.2) is 0 Å². The molecule has 0 bridgehead atoms. The first kappa shape index (κ1) is 12.6. The van der Waals surface area contributed by atoms with Crippen molar-refractivity contribution < 1.29 is 4.79 Å². The fraction of sp³-hybridized carbons (Fsp3) is 0.467. The Labute approximate surface area is 121 Å². The fourth-order valence-electron chi connectivity index (χ4n) is 3.54. The summed E-state index contributed by atoms with van der Waals surface area (Å²) in [6.45, 7) is 2.03. The zero-order valence-electron chi connectivity index (χ0n) is 11.7. The van der Waals surface area contributed by atoms with Gasteiger partial charge in [0.2, 0.25) is 5.91 Å². The van der Waals surface area contributed by atoms with Gasteiger partial charge in [0.25, 0.3) is 0 Å². The smallest absolute Gasteiger partial charge is 0.323 e. The van der Waals surface area contributed by atoms with Crippen LogP contribution in [0.4, 0.5) is 5.69 Å². The maximum atomic E-state index is 12.4. The van der Waals surface area contributed by atoms with E-state index < -0.39 is 0 Å². The summed E-state index contributed by atoms with van der Waals surface area (Å²) < 4.78 is 0. The lowest BCUT2D eigenvalue weighted by atomic mass is 9.92. The first-order chi connectivity index (χ1) is 10.2. The quantitative estimate of drug-likeness (QED) is 0.668. The zero-order valence-corrected chi connectivity index (χ0v) is 11.7. The van der Waals surface area contributed by atoms with Gasteiger partial charge in [0, 0.05) is 11.6 Å². The van der Waals surface area contributed by atoms with Gasteiger partial charge >= 0.3 is 5.69 Å². The SMILES string of the molecule is O=C(Nc1ccc2[nH]c(=O)[nH]c2c1)C1CC12CCNCC2. The van der Waals surface area contributed by atoms with E-state index in [9.17, 15) is 9.59 Å². The second kappa shape index (κ2) is 4.46. The Morgan fingerprint density at radius 2 is 1.95 bits per heavy atom. The van der Waals surface area contributed by atoms with Gasteiger partial charge in [-0.25, -0.2) is 4.79 Å². The number of nitrogens with one attached hydrogen (secondary N) is 4. The molecule has 2 fully saturated rings. The number of carbonyl (C=O) groups is 1. The number of imidazole rings is 1. The molecular weight excluding hydrogens is 268 g/mol. The standard InChI is InChI=1S/C15H18N4O2/c20-13(10-8-15(10)3-5-16-6-4-15)17-9-1-2-11-12(7-9)19-14(21)18-11/h1-2,7,10,16H,3-6,8H2,(H,17,20)(H2,18,19,21). The number of aromatic amines is 2. The highest BCUT2D eigenvalue weighted by atomic mass is 16.2. The van der Waals surface area contributed by atoms with Gasteiger partial charge in [-0.1, -0.05) is 0 Å². The molecule has 1 amide bonds. The molecule has 1 unspecified atom stereocenters. The van der Waals surface area contributed by atoms with Crippen molar-refractivity contribution in [3.8, 4) is 0 Å². The van der Waals surface area contributed by atoms with Gasteiger partial charge < -0.3 is 20.6 Å². The number of carbonyl (C=O) groups excluding carboxylic acids is 1. The van der Waals surface area contributed by atoms with Crippen LogP contribution in [-0.4, -0.2) is 29.0 Å². The third-order valence-electron chi connectivity index (χ3n) is 4.89. The Hall–Kier alpha value is -2.08. The van der Waals surface area contributed by atoms with Gasteiger partial charge in [-0.15, -0.1) is 0 Å². The maximum absolute atomic E-state index is 12.4. The van der Waals surface area contributed by atoms with Crippen molar-refractivity contribution in [1.29, 1.82) is 0 Å². The van der Waals surface area contributed by atoms with Crippen LogP contribution < -0.4 is 16.3 Å². The molecule has 2 aliphatic rings. The van der Waals surface area contributed by atoms with Gasteiger partial charge in [0.05, 0.1) is 11.0 Å². The predicted octanol–water partition coefficient (Wildman–Crippen LogP) is 1.18. The van der Waals surface area contributed by atoms with Gasteiger partial charge in [-0.2, -0.15) is 0 Å². The maximum Gasteiger partial charge on any atom is 0.323 e. The lowest BCUT2D eigenvalue weighted by molar-refractivity contribution is -0.118. The molecule has 1 saturated carbocycles. The van der Waals surface area contributed by atoms with E-state index in [1.54, 1.807) is 12.1 Å². The summed E-state index contributed by atoms with van der Waals surface area (Å²) in [6, 6.07) is 5.42. The number of hydrogen-bond acceptors (Lipinski definition) is 3. The highest BCUT2D eigenvalue weighted by Gasteiger charge is 2.57. The number of amides is 1. The lowest BCUT2D eigenvalue weighted by Crippen LogP contribution is -2.31. The molecule has 4 N–H and O–H groups in total. The first-order valence-corrected chi connectivity index (χ1v) is 7.40. The second-order valence-electron chi connectivity index (χ2n) is 6.20. The summed E-state index contributed by atoms with van der Waals surface area (Å²) in [5.41, 5.74) is 2.20. The Morgan fingerprint density at radius 1 is 1.19 bits per heavy atom. The molecule has 21 heavy (non-hydrogen) atoms. The molecule has 1 aliphatic heterocycles. The highest BCUT2D eigenvalue weighted by molar-refractivity contribution is 5.96. The summed E-state index contributed by atoms with van der Waals surface area (Å²) in [6.07, 6.45) is 3.19. The normalized spacial score (nSPS) is 23.3. The van der Waals surface area contributed by atoms with Crippen LogP contribution in [0.5, 0.6) is 0 Å². The molecule has 1 aromatic carbocycles. The van der Waals surface area contributed by atoms with Crippen LogP contribution in [0.1, 0.15) is 19.3 Å². The van der Waals surface area contributed by atoms with E-state index in [-0.39, 0.29) is 22.9 Å². The molecule has 2 aromatic rings. The van der Waals surface area contributed by atoms with Crippen molar-refractivity contribution in [3.63, 3.8) is 0 Å². The average Bonchev–Trinajstić information content (AvgIpc) is 3.02. The van der Waals surface area contributed by atoms with Crippen LogP contribution in [0.25, 0.3) is 11.0 Å². The molecule has 1 aliphatic carbocycles. The van der Waals surface area contributed by atoms with Gasteiger partial charge in [-0.05, 0) is 56.0 Å². The summed E-state index contributed by atoms with van der Waals surface area (Å²) >= 11 is 0. The third-order valence-corrected chi connectivity index (χ3v) is 4.89. The minimum absolute atomic E-state index is 0.106. The topological polar surface area (TPSA) is 89.8 Å². The molecular formula is C15H18N4O2. The predicted molar refractivity (Wildman–Crippen MR) is 80.2 cm³/mol. The minimum atomic E-state index is -0.232. The molecule has 110 valence electrons. The van der Waals surface area contributed by atoms with Crippen LogP contribution in [-0.2, 0) is 4.79 Å². The van der Waals surface area contributed by atoms with E-state index in [2.05, 4.69) is 20.6 Å². The molecule has 6 heteroatoms. The summed E-state index contributed by atoms with van der Waals surface area (Å²) in [4.78, 5) is 29.0. The minimum Gasteiger partial charge on any atom is -0.326 e. The number of hydrogen-bond donors (Lipinski definition) is 4. The van der Waals surface area contributed by atoms with E-state index in [4.69, 9.17) is 0 Å². The monoisotopic (exact) mass is 286 g/mol. The number of piperidine rings is 1. The van der Waals surface area contributed by atoms with E-state index >= 15 is 0 Å². The molecule has 4 rings (SSSR count). The van der Waals surface area contributed by atoms with Crippen molar-refractivity contribution >= 4 is 22.6 Å². The summed E-state index contributed by atoms with van der Waals surface area (Å²) in [5.74, 6) is 0.245. The van der Waals surface area contributed by atoms with Crippen LogP contribution >= 0.6 is 0 Å². The molecule has 2 heterocycles. The van der Waals surface area contributed by atoms with Crippen LogP contribution in [0.3, 0.4) is 0 Å². The van der Waals surface area contributed by atoms with Crippen LogP contribution in [0.15, 0.2) is 23.0 Å². The van der Waals surface area contributed by atoms with Crippen molar-refractivity contribution in [2.75, 3.05) is 18.4 Å². The average molecular weight is 286 g/mol. The van der Waals surface area contributed by atoms with Gasteiger partial charge in [-0.3, -0.25) is 4.79 Å². The number of anilines is 1. The van der Waals surface area contributed by atoms with Crippen molar-refractivity contribution in [3.05, 3.63) is 28.7 Å². The number of rotatable bonds is 2. The van der Waals surface area contributed by atoms with Gasteiger partial charge in [0.1, 0.15) is 0 Å². The molecule has 1 aromatic heterocycles. The Morgan fingerprint density at radius 3 is 2.76 bits per heavy atom. The third kappa shape index (κ3) is 2.15. The Balaban J connectivity index is 1.49. The van der Waals surface area contributed by atoms with Crippen molar-refractivity contribution in [2.45, 2.75) is 19.3 Å². The van der Waals surface area contributed by atoms with Crippen molar-refractivity contribution in [1.82, 2.24) is 15.3 Å². The number of aromatic nitrogens is 2. The summed E-state index contributed by atoms with van der Waals surface area (Å²) in [7, 11) is 0. The van der Waals surface area contributed by atoms with Crippen LogP contribution in [0, 0.1) is 11.3 Å². The molecule has 1 saturated heterocycles. The molecule has 0 radical (unpaired) electrons. The van der Waals surface area contributed by atoms with Crippen LogP contribution in [0.2, 0.25) is 0 Å². The van der Waals surface area contributed by atoms with E-state index in [1.807, 2.05) is 6.07 Å². The zero-order chi connectivity index (χ0) is 14.4.